The molecular weight excluding hydrogens is 189 g/mol. The highest BCUT2D eigenvalue weighted by Gasteiger charge is 1.98. The second kappa shape index (κ2) is 6.78. The van der Waals surface area contributed by atoms with Gasteiger partial charge in [0.2, 0.25) is 0 Å². The van der Waals surface area contributed by atoms with Crippen LogP contribution in [0.3, 0.4) is 0 Å². The lowest BCUT2D eigenvalue weighted by molar-refractivity contribution is 0.319. The number of nitrogens with one attached hydrogen (secondary N) is 1. The van der Waals surface area contributed by atoms with Gasteiger partial charge in [0.1, 0.15) is 5.76 Å². The smallest absolute Gasteiger partial charge is 0.391 e. The molecule has 0 spiro atoms. The van der Waals surface area contributed by atoms with Gasteiger partial charge >= 0.3 is 8.60 Å². The zero-order chi connectivity index (χ0) is 10.3. The van der Waals surface area contributed by atoms with Gasteiger partial charge in [0.15, 0.2) is 0 Å². The van der Waals surface area contributed by atoms with Crippen LogP contribution < -0.4 is 0 Å². The summed E-state index contributed by atoms with van der Waals surface area (Å²) in [6, 6.07) is 0. The summed E-state index contributed by atoms with van der Waals surface area (Å²) in [7, 11) is -2.33. The first-order valence-electron chi connectivity index (χ1n) is 3.84. The van der Waals surface area contributed by atoms with E-state index in [2.05, 4.69) is 4.52 Å². The third kappa shape index (κ3) is 6.46. The van der Waals surface area contributed by atoms with Crippen LogP contribution in [-0.4, -0.2) is 16.0 Å². The summed E-state index contributed by atoms with van der Waals surface area (Å²) in [5, 5.41) is 6.99. The Kier molecular flexibility index (Phi) is 6.41. The van der Waals surface area contributed by atoms with Gasteiger partial charge in [-0.1, -0.05) is 13.0 Å². The fourth-order valence-corrected chi connectivity index (χ4v) is 0.970. The Balaban J connectivity index is 4.22. The maximum atomic E-state index is 8.49. The molecule has 0 heterocycles. The second-order valence-electron chi connectivity index (χ2n) is 2.36. The Morgan fingerprint density at radius 1 is 1.46 bits per heavy atom. The third-order valence-electron chi connectivity index (χ3n) is 1.35. The van der Waals surface area contributed by atoms with Crippen LogP contribution in [0.15, 0.2) is 23.5 Å². The molecule has 0 amide bonds. The Hall–Kier alpha value is -0.700. The zero-order valence-corrected chi connectivity index (χ0v) is 8.58. The molecule has 0 fully saturated rings. The standard InChI is InChI=1S/C8H14NO3P/c1-3-8(6-9)5-4-7(2)12-13(10)11/h4-6,9-11H,3H2,1-2H3/b7-4+,8-5-,9-6?. The summed E-state index contributed by atoms with van der Waals surface area (Å²) in [6.07, 6.45) is 5.33. The van der Waals surface area contributed by atoms with Gasteiger partial charge in [-0.25, -0.2) is 0 Å². The van der Waals surface area contributed by atoms with Crippen molar-refractivity contribution in [1.29, 1.82) is 5.41 Å². The molecule has 0 aromatic carbocycles. The molecule has 0 atom stereocenters. The molecule has 4 nitrogen and oxygen atoms in total. The minimum absolute atomic E-state index is 0.420. The first-order valence-corrected chi connectivity index (χ1v) is 5.00. The maximum Gasteiger partial charge on any atom is 0.391 e. The lowest BCUT2D eigenvalue weighted by Crippen LogP contribution is -1.82. The van der Waals surface area contributed by atoms with Crippen molar-refractivity contribution in [3.05, 3.63) is 23.5 Å². The monoisotopic (exact) mass is 203 g/mol. The molecule has 0 bridgehead atoms. The van der Waals surface area contributed by atoms with E-state index in [0.29, 0.717) is 5.76 Å². The highest BCUT2D eigenvalue weighted by molar-refractivity contribution is 7.39. The van der Waals surface area contributed by atoms with E-state index in [-0.39, 0.29) is 0 Å². The average molecular weight is 203 g/mol. The van der Waals surface area contributed by atoms with Gasteiger partial charge in [-0.2, -0.15) is 0 Å². The molecule has 0 aromatic heterocycles. The van der Waals surface area contributed by atoms with Gasteiger partial charge in [-0.05, 0) is 25.0 Å². The van der Waals surface area contributed by atoms with Crippen molar-refractivity contribution in [3.8, 4) is 0 Å². The van der Waals surface area contributed by atoms with E-state index in [9.17, 15) is 0 Å². The molecule has 0 aromatic rings. The van der Waals surface area contributed by atoms with Crippen LogP contribution in [0.5, 0.6) is 0 Å². The first kappa shape index (κ1) is 12.3. The summed E-state index contributed by atoms with van der Waals surface area (Å²) in [5.74, 6) is 0.420. The lowest BCUT2D eigenvalue weighted by atomic mass is 10.2. The van der Waals surface area contributed by atoms with Gasteiger partial charge in [0.25, 0.3) is 0 Å². The number of hydrogen-bond donors (Lipinski definition) is 3. The SMILES string of the molecule is CC/C(C=N)=C/C=C(\C)OP(O)O. The van der Waals surface area contributed by atoms with Crippen LogP contribution in [0.4, 0.5) is 0 Å². The van der Waals surface area contributed by atoms with Crippen LogP contribution in [0.1, 0.15) is 20.3 Å². The predicted octanol–water partition coefficient (Wildman–Crippen LogP) is 2.10. The minimum atomic E-state index is -2.33. The molecule has 0 saturated heterocycles. The molecular formula is C8H14NO3P. The van der Waals surface area contributed by atoms with Gasteiger partial charge in [-0.3, -0.25) is 0 Å². The summed E-state index contributed by atoms with van der Waals surface area (Å²) in [6.45, 7) is 3.56. The molecule has 0 aliphatic rings. The Bertz CT molecular complexity index is 223. The molecule has 13 heavy (non-hydrogen) atoms. The molecule has 0 radical (unpaired) electrons. The average Bonchev–Trinajstić information content (AvgIpc) is 2.05. The van der Waals surface area contributed by atoms with E-state index in [1.165, 1.54) is 6.21 Å². The van der Waals surface area contributed by atoms with Gasteiger partial charge < -0.3 is 19.7 Å². The van der Waals surface area contributed by atoms with Gasteiger partial charge in [0.05, 0.1) is 0 Å². The van der Waals surface area contributed by atoms with E-state index in [0.717, 1.165) is 12.0 Å². The molecule has 0 unspecified atom stereocenters. The van der Waals surface area contributed by atoms with E-state index < -0.39 is 8.60 Å². The van der Waals surface area contributed by atoms with Crippen molar-refractivity contribution >= 4 is 14.8 Å². The van der Waals surface area contributed by atoms with Crippen LogP contribution in [0.2, 0.25) is 0 Å². The van der Waals surface area contributed by atoms with E-state index in [4.69, 9.17) is 15.2 Å². The minimum Gasteiger partial charge on any atom is -0.432 e. The third-order valence-corrected chi connectivity index (χ3v) is 1.80. The van der Waals surface area contributed by atoms with E-state index in [1.54, 1.807) is 19.1 Å². The number of rotatable bonds is 5. The van der Waals surface area contributed by atoms with Crippen LogP contribution in [-0.2, 0) is 4.52 Å². The Labute approximate surface area is 79.1 Å². The Morgan fingerprint density at radius 3 is 2.46 bits per heavy atom. The summed E-state index contributed by atoms with van der Waals surface area (Å²) < 4.78 is 4.61. The van der Waals surface area contributed by atoms with Gasteiger partial charge in [-0.15, -0.1) is 0 Å². The number of allylic oxidation sites excluding steroid dienone is 4. The van der Waals surface area contributed by atoms with Crippen LogP contribution in [0, 0.1) is 5.41 Å². The first-order chi connectivity index (χ1) is 6.10. The van der Waals surface area contributed by atoms with Crippen LogP contribution in [0.25, 0.3) is 0 Å². The highest BCUT2D eigenvalue weighted by atomic mass is 31.2. The molecule has 0 aliphatic carbocycles. The molecule has 0 saturated carbocycles. The van der Waals surface area contributed by atoms with Crippen LogP contribution >= 0.6 is 8.60 Å². The van der Waals surface area contributed by atoms with Crippen molar-refractivity contribution in [2.24, 2.45) is 0 Å². The van der Waals surface area contributed by atoms with Crippen molar-refractivity contribution < 1.29 is 14.3 Å². The molecule has 74 valence electrons. The van der Waals surface area contributed by atoms with Gasteiger partial charge in [0, 0.05) is 6.21 Å². The van der Waals surface area contributed by atoms with Crippen molar-refractivity contribution in [2.45, 2.75) is 20.3 Å². The van der Waals surface area contributed by atoms with Crippen molar-refractivity contribution in [1.82, 2.24) is 0 Å². The summed E-state index contributed by atoms with van der Waals surface area (Å²) in [4.78, 5) is 17.0. The molecule has 0 rings (SSSR count). The lowest BCUT2D eigenvalue weighted by Gasteiger charge is -2.03. The topological polar surface area (TPSA) is 73.5 Å². The van der Waals surface area contributed by atoms with Crippen molar-refractivity contribution in [3.63, 3.8) is 0 Å². The fraction of sp³-hybridized carbons (Fsp3) is 0.375. The fourth-order valence-electron chi connectivity index (χ4n) is 0.652. The zero-order valence-electron chi connectivity index (χ0n) is 7.69. The summed E-state index contributed by atoms with van der Waals surface area (Å²) in [5.41, 5.74) is 0.850. The maximum absolute atomic E-state index is 8.49. The quantitative estimate of drug-likeness (QED) is 0.277. The summed E-state index contributed by atoms with van der Waals surface area (Å²) >= 11 is 0. The van der Waals surface area contributed by atoms with E-state index in [1.807, 2.05) is 6.92 Å². The second-order valence-corrected chi connectivity index (χ2v) is 3.05. The molecule has 5 heteroatoms. The van der Waals surface area contributed by atoms with E-state index >= 15 is 0 Å². The largest absolute Gasteiger partial charge is 0.432 e. The van der Waals surface area contributed by atoms with Crippen molar-refractivity contribution in [2.75, 3.05) is 0 Å². The molecule has 0 aliphatic heterocycles. The predicted molar refractivity (Wildman–Crippen MR) is 53.4 cm³/mol. The Morgan fingerprint density at radius 2 is 2.08 bits per heavy atom. The normalized spacial score (nSPS) is 13.3. The molecule has 3 N–H and O–H groups in total. The highest BCUT2D eigenvalue weighted by Crippen LogP contribution is 2.28. The number of hydrogen-bond acceptors (Lipinski definition) is 4.